The topological polar surface area (TPSA) is 35.5 Å². The zero-order chi connectivity index (χ0) is 11.8. The molecule has 1 aliphatic carbocycles. The monoisotopic (exact) mass is 228 g/mol. The maximum Gasteiger partial charge on any atom is 0.136 e. The first-order valence-electron chi connectivity index (χ1n) is 6.38. The number of carbonyl (C=O) groups excluding carboxylic acids is 1. The van der Waals surface area contributed by atoms with Gasteiger partial charge in [0.2, 0.25) is 0 Å². The first-order chi connectivity index (χ1) is 7.70. The second-order valence-electron chi connectivity index (χ2n) is 4.93. The summed E-state index contributed by atoms with van der Waals surface area (Å²) < 4.78 is 10.8. The van der Waals surface area contributed by atoms with Crippen LogP contribution < -0.4 is 0 Å². The van der Waals surface area contributed by atoms with Gasteiger partial charge in [-0.15, -0.1) is 0 Å². The first kappa shape index (κ1) is 13.7. The van der Waals surface area contributed by atoms with E-state index in [-0.39, 0.29) is 5.92 Å². The number of carbonyl (C=O) groups is 1. The van der Waals surface area contributed by atoms with Crippen LogP contribution in [0.2, 0.25) is 0 Å². The minimum Gasteiger partial charge on any atom is -0.379 e. The van der Waals surface area contributed by atoms with Crippen molar-refractivity contribution in [2.45, 2.75) is 39.5 Å². The molecule has 1 aliphatic rings. The van der Waals surface area contributed by atoms with Crippen molar-refractivity contribution in [1.82, 2.24) is 0 Å². The molecule has 0 aliphatic heterocycles. The van der Waals surface area contributed by atoms with Gasteiger partial charge in [0, 0.05) is 25.6 Å². The molecule has 0 heterocycles. The quantitative estimate of drug-likeness (QED) is 0.599. The van der Waals surface area contributed by atoms with Crippen LogP contribution in [0.25, 0.3) is 0 Å². The Hall–Kier alpha value is -0.410. The number of hydrogen-bond acceptors (Lipinski definition) is 3. The Bertz CT molecular complexity index is 201. The Kier molecular flexibility index (Phi) is 6.65. The lowest BCUT2D eigenvalue weighted by Crippen LogP contribution is -2.12. The van der Waals surface area contributed by atoms with Crippen molar-refractivity contribution in [2.24, 2.45) is 11.8 Å². The smallest absolute Gasteiger partial charge is 0.136 e. The van der Waals surface area contributed by atoms with Gasteiger partial charge in [-0.1, -0.05) is 13.8 Å². The summed E-state index contributed by atoms with van der Waals surface area (Å²) in [6.45, 7) is 7.06. The van der Waals surface area contributed by atoms with Crippen LogP contribution in [0.3, 0.4) is 0 Å². The standard InChI is InChI=1S/C13H24O3/c1-11(2)10-16-9-8-15-7-6-12-4-3-5-13(12)14/h11-12H,3-10H2,1-2H3. The third-order valence-corrected chi connectivity index (χ3v) is 2.86. The molecule has 1 saturated carbocycles. The maximum atomic E-state index is 11.3. The lowest BCUT2D eigenvalue weighted by Gasteiger charge is -2.09. The van der Waals surface area contributed by atoms with Crippen molar-refractivity contribution >= 4 is 5.78 Å². The number of ketones is 1. The van der Waals surface area contributed by atoms with Crippen LogP contribution in [0.4, 0.5) is 0 Å². The molecule has 1 rings (SSSR count). The highest BCUT2D eigenvalue weighted by atomic mass is 16.5. The second-order valence-corrected chi connectivity index (χ2v) is 4.93. The summed E-state index contributed by atoms with van der Waals surface area (Å²) in [7, 11) is 0. The molecule has 1 atom stereocenters. The summed E-state index contributed by atoms with van der Waals surface area (Å²) in [6, 6.07) is 0. The SMILES string of the molecule is CC(C)COCCOCCC1CCCC1=O. The van der Waals surface area contributed by atoms with Crippen molar-refractivity contribution < 1.29 is 14.3 Å². The first-order valence-corrected chi connectivity index (χ1v) is 6.38. The molecule has 1 unspecified atom stereocenters. The summed E-state index contributed by atoms with van der Waals surface area (Å²) in [5.41, 5.74) is 0. The molecular formula is C13H24O3. The van der Waals surface area contributed by atoms with Gasteiger partial charge in [0.15, 0.2) is 0 Å². The van der Waals surface area contributed by atoms with Gasteiger partial charge in [0.05, 0.1) is 13.2 Å². The number of ether oxygens (including phenoxy) is 2. The Morgan fingerprint density at radius 1 is 1.25 bits per heavy atom. The van der Waals surface area contributed by atoms with Gasteiger partial charge in [-0.25, -0.2) is 0 Å². The molecule has 0 aromatic rings. The minimum absolute atomic E-state index is 0.275. The van der Waals surface area contributed by atoms with E-state index in [1.54, 1.807) is 0 Å². The summed E-state index contributed by atoms with van der Waals surface area (Å²) in [5, 5.41) is 0. The van der Waals surface area contributed by atoms with Crippen LogP contribution in [0.5, 0.6) is 0 Å². The van der Waals surface area contributed by atoms with Crippen LogP contribution in [0.1, 0.15) is 39.5 Å². The molecule has 3 heteroatoms. The van der Waals surface area contributed by atoms with Crippen molar-refractivity contribution in [3.05, 3.63) is 0 Å². The molecule has 0 aromatic carbocycles. The van der Waals surface area contributed by atoms with E-state index >= 15 is 0 Å². The number of rotatable bonds is 8. The fraction of sp³-hybridized carbons (Fsp3) is 0.923. The predicted octanol–water partition coefficient (Wildman–Crippen LogP) is 2.43. The maximum absolute atomic E-state index is 11.3. The molecule has 3 nitrogen and oxygen atoms in total. The Morgan fingerprint density at radius 2 is 2.00 bits per heavy atom. The zero-order valence-electron chi connectivity index (χ0n) is 10.5. The molecule has 0 N–H and O–H groups in total. The highest BCUT2D eigenvalue weighted by Crippen LogP contribution is 2.23. The Labute approximate surface area is 98.5 Å². The number of Topliss-reactive ketones (excluding diaryl/α,β-unsaturated/α-hetero) is 1. The zero-order valence-corrected chi connectivity index (χ0v) is 10.5. The average Bonchev–Trinajstić information content (AvgIpc) is 2.62. The highest BCUT2D eigenvalue weighted by molar-refractivity contribution is 5.82. The van der Waals surface area contributed by atoms with Crippen molar-refractivity contribution in [3.8, 4) is 0 Å². The third-order valence-electron chi connectivity index (χ3n) is 2.86. The normalized spacial score (nSPS) is 20.9. The molecule has 0 saturated heterocycles. The molecule has 0 amide bonds. The van der Waals surface area contributed by atoms with Gasteiger partial charge < -0.3 is 9.47 Å². The summed E-state index contributed by atoms with van der Waals surface area (Å²) in [6.07, 6.45) is 3.80. The van der Waals surface area contributed by atoms with E-state index in [0.717, 1.165) is 32.3 Å². The summed E-state index contributed by atoms with van der Waals surface area (Å²) >= 11 is 0. The van der Waals surface area contributed by atoms with Crippen molar-refractivity contribution in [1.29, 1.82) is 0 Å². The highest BCUT2D eigenvalue weighted by Gasteiger charge is 2.23. The molecule has 0 bridgehead atoms. The lowest BCUT2D eigenvalue weighted by molar-refractivity contribution is -0.121. The largest absolute Gasteiger partial charge is 0.379 e. The van der Waals surface area contributed by atoms with Gasteiger partial charge in [-0.3, -0.25) is 4.79 Å². The Morgan fingerprint density at radius 3 is 2.62 bits per heavy atom. The number of hydrogen-bond donors (Lipinski definition) is 0. The lowest BCUT2D eigenvalue weighted by atomic mass is 10.0. The van der Waals surface area contributed by atoms with Crippen molar-refractivity contribution in [3.63, 3.8) is 0 Å². The molecular weight excluding hydrogens is 204 g/mol. The van der Waals surface area contributed by atoms with E-state index in [0.29, 0.717) is 31.5 Å². The third kappa shape index (κ3) is 5.61. The van der Waals surface area contributed by atoms with Crippen LogP contribution in [0, 0.1) is 11.8 Å². The van der Waals surface area contributed by atoms with Crippen LogP contribution in [-0.4, -0.2) is 32.2 Å². The van der Waals surface area contributed by atoms with Crippen LogP contribution in [0.15, 0.2) is 0 Å². The van der Waals surface area contributed by atoms with E-state index in [1.807, 2.05) is 0 Å². The van der Waals surface area contributed by atoms with E-state index in [4.69, 9.17) is 9.47 Å². The molecule has 94 valence electrons. The fourth-order valence-electron chi connectivity index (χ4n) is 1.96. The van der Waals surface area contributed by atoms with Gasteiger partial charge >= 0.3 is 0 Å². The van der Waals surface area contributed by atoms with Crippen molar-refractivity contribution in [2.75, 3.05) is 26.4 Å². The summed E-state index contributed by atoms with van der Waals surface area (Å²) in [4.78, 5) is 11.3. The van der Waals surface area contributed by atoms with Crippen LogP contribution >= 0.6 is 0 Å². The van der Waals surface area contributed by atoms with Crippen LogP contribution in [-0.2, 0) is 14.3 Å². The Balaban J connectivity index is 1.86. The van der Waals surface area contributed by atoms with Gasteiger partial charge in [-0.2, -0.15) is 0 Å². The van der Waals surface area contributed by atoms with E-state index < -0.39 is 0 Å². The second kappa shape index (κ2) is 7.80. The average molecular weight is 228 g/mol. The predicted molar refractivity (Wildman–Crippen MR) is 63.4 cm³/mol. The van der Waals surface area contributed by atoms with Gasteiger partial charge in [0.1, 0.15) is 5.78 Å². The fourth-order valence-corrected chi connectivity index (χ4v) is 1.96. The molecule has 0 radical (unpaired) electrons. The molecule has 1 fully saturated rings. The molecule has 0 aromatic heterocycles. The van der Waals surface area contributed by atoms with E-state index in [9.17, 15) is 4.79 Å². The molecule has 0 spiro atoms. The van der Waals surface area contributed by atoms with E-state index in [1.165, 1.54) is 0 Å². The molecule has 16 heavy (non-hydrogen) atoms. The van der Waals surface area contributed by atoms with Gasteiger partial charge in [0.25, 0.3) is 0 Å². The van der Waals surface area contributed by atoms with Gasteiger partial charge in [-0.05, 0) is 25.2 Å². The van der Waals surface area contributed by atoms with E-state index in [2.05, 4.69) is 13.8 Å². The minimum atomic E-state index is 0.275. The summed E-state index contributed by atoms with van der Waals surface area (Å²) in [5.74, 6) is 1.28.